The van der Waals surface area contributed by atoms with E-state index < -0.39 is 29.0 Å². The van der Waals surface area contributed by atoms with Crippen molar-refractivity contribution in [1.29, 1.82) is 0 Å². The molecule has 0 amide bonds. The molecule has 0 spiro atoms. The van der Waals surface area contributed by atoms with Crippen molar-refractivity contribution in [2.45, 2.75) is 105 Å². The molecule has 5 nitrogen and oxygen atoms in total. The molecule has 4 fully saturated rings. The quantitative estimate of drug-likeness (QED) is 0.409. The predicted molar refractivity (Wildman–Crippen MR) is 135 cm³/mol. The van der Waals surface area contributed by atoms with Gasteiger partial charge in [0.2, 0.25) is 0 Å². The van der Waals surface area contributed by atoms with Crippen LogP contribution < -0.4 is 0 Å². The van der Waals surface area contributed by atoms with Crippen LogP contribution in [0.2, 0.25) is 0 Å². The molecule has 0 aromatic carbocycles. The molecule has 0 bridgehead atoms. The zero-order valence-corrected chi connectivity index (χ0v) is 22.7. The number of hydrogen-bond donors (Lipinski definition) is 4. The molecule has 5 aliphatic carbocycles. The number of aliphatic hydroxyl groups is 3. The summed E-state index contributed by atoms with van der Waals surface area (Å²) in [5.74, 6) is 0.828. The zero-order chi connectivity index (χ0) is 25.8. The Balaban J connectivity index is 1.62. The molecular formula is C30H48O5. The fraction of sp³-hybridized carbons (Fsp3) is 0.900. The topological polar surface area (TPSA) is 98.0 Å². The van der Waals surface area contributed by atoms with Crippen molar-refractivity contribution in [3.8, 4) is 0 Å². The van der Waals surface area contributed by atoms with E-state index in [0.717, 1.165) is 44.9 Å². The van der Waals surface area contributed by atoms with Gasteiger partial charge < -0.3 is 20.4 Å². The second-order valence-corrected chi connectivity index (χ2v) is 14.5. The fourth-order valence-electron chi connectivity index (χ4n) is 11.0. The summed E-state index contributed by atoms with van der Waals surface area (Å²) in [7, 11) is 0. The molecule has 12 atom stereocenters. The average molecular weight is 489 g/mol. The molecule has 0 unspecified atom stereocenters. The summed E-state index contributed by atoms with van der Waals surface area (Å²) in [6.45, 7) is 13.6. The number of allylic oxidation sites excluding steroid dienone is 2. The van der Waals surface area contributed by atoms with E-state index in [1.54, 1.807) is 0 Å². The molecule has 0 aliphatic heterocycles. The minimum absolute atomic E-state index is 0.00815. The Bertz CT molecular complexity index is 930. The van der Waals surface area contributed by atoms with Gasteiger partial charge in [0.1, 0.15) is 0 Å². The smallest absolute Gasteiger partial charge is 0.310 e. The number of carbonyl (C=O) groups is 1. The Morgan fingerprint density at radius 2 is 1.69 bits per heavy atom. The highest BCUT2D eigenvalue weighted by molar-refractivity contribution is 5.76. The van der Waals surface area contributed by atoms with E-state index in [4.69, 9.17) is 0 Å². The van der Waals surface area contributed by atoms with Gasteiger partial charge in [-0.1, -0.05) is 53.2 Å². The van der Waals surface area contributed by atoms with Crippen molar-refractivity contribution in [2.24, 2.45) is 56.7 Å². The molecule has 0 aromatic heterocycles. The van der Waals surface area contributed by atoms with Gasteiger partial charge in [-0.2, -0.15) is 0 Å². The molecule has 4 saturated carbocycles. The van der Waals surface area contributed by atoms with E-state index in [9.17, 15) is 25.2 Å². The number of carboxylic acid groups (broad SMARTS) is 1. The lowest BCUT2D eigenvalue weighted by Gasteiger charge is -2.71. The van der Waals surface area contributed by atoms with Crippen LogP contribution in [0.4, 0.5) is 0 Å². The Hall–Kier alpha value is -0.910. The highest BCUT2D eigenvalue weighted by Gasteiger charge is 2.70. The van der Waals surface area contributed by atoms with Gasteiger partial charge in [-0.25, -0.2) is 0 Å². The number of rotatable bonds is 2. The Morgan fingerprint density at radius 1 is 1.00 bits per heavy atom. The Morgan fingerprint density at radius 3 is 2.31 bits per heavy atom. The maximum absolute atomic E-state index is 12.8. The lowest BCUT2D eigenvalue weighted by atomic mass is 9.33. The van der Waals surface area contributed by atoms with Crippen molar-refractivity contribution in [1.82, 2.24) is 0 Å². The molecule has 35 heavy (non-hydrogen) atoms. The summed E-state index contributed by atoms with van der Waals surface area (Å²) in [6.07, 6.45) is 7.51. The predicted octanol–water partition coefficient (Wildman–Crippen LogP) is 5.03. The van der Waals surface area contributed by atoms with Crippen LogP contribution in [-0.2, 0) is 4.79 Å². The minimum atomic E-state index is -0.907. The molecule has 0 saturated heterocycles. The third-order valence-corrected chi connectivity index (χ3v) is 13.5. The van der Waals surface area contributed by atoms with Crippen LogP contribution in [-0.4, -0.2) is 45.2 Å². The van der Waals surface area contributed by atoms with Crippen molar-refractivity contribution in [3.05, 3.63) is 11.6 Å². The van der Waals surface area contributed by atoms with Crippen LogP contribution in [0, 0.1) is 56.7 Å². The van der Waals surface area contributed by atoms with E-state index in [2.05, 4.69) is 40.7 Å². The highest BCUT2D eigenvalue weighted by atomic mass is 16.4. The summed E-state index contributed by atoms with van der Waals surface area (Å²) in [5.41, 5.74) is -0.214. The third-order valence-electron chi connectivity index (χ3n) is 13.5. The van der Waals surface area contributed by atoms with Crippen LogP contribution in [0.5, 0.6) is 0 Å². The maximum atomic E-state index is 12.8. The molecule has 5 rings (SSSR count). The molecule has 4 N–H and O–H groups in total. The first kappa shape index (κ1) is 25.7. The van der Waals surface area contributed by atoms with Gasteiger partial charge in [-0.05, 0) is 97.2 Å². The number of aliphatic carboxylic acids is 1. The monoisotopic (exact) mass is 488 g/mol. The van der Waals surface area contributed by atoms with Gasteiger partial charge in [0.05, 0.1) is 24.2 Å². The summed E-state index contributed by atoms with van der Waals surface area (Å²) in [5, 5.41) is 42.9. The second kappa shape index (κ2) is 7.80. The van der Waals surface area contributed by atoms with Gasteiger partial charge in [0.15, 0.2) is 0 Å². The number of fused-ring (bicyclic) bond motifs is 7. The lowest BCUT2D eigenvalue weighted by molar-refractivity contribution is -0.244. The van der Waals surface area contributed by atoms with E-state index in [1.807, 2.05) is 6.92 Å². The van der Waals surface area contributed by atoms with Gasteiger partial charge in [-0.15, -0.1) is 0 Å². The standard InChI is InChI=1S/C30H48O5/c1-17-9-12-30(25(34)35)14-13-28(5)19(23(30)18(17)2)7-8-22-26(3)15-20(32)24(33)27(4,16-31)21(26)10-11-29(22,28)6/h7,17-18,20-24,31-33H,8-16H2,1-6H3,(H,34,35)/t17-,18+,20+,21-,22-,23+,24-,26+,27-,28-,29-,30+/m1/s1. The summed E-state index contributed by atoms with van der Waals surface area (Å²) >= 11 is 0. The summed E-state index contributed by atoms with van der Waals surface area (Å²) < 4.78 is 0. The van der Waals surface area contributed by atoms with E-state index in [1.165, 1.54) is 5.57 Å². The zero-order valence-electron chi connectivity index (χ0n) is 22.7. The first-order valence-electron chi connectivity index (χ1n) is 14.1. The maximum Gasteiger partial charge on any atom is 0.310 e. The van der Waals surface area contributed by atoms with Crippen LogP contribution in [0.15, 0.2) is 11.6 Å². The van der Waals surface area contributed by atoms with Crippen LogP contribution in [0.1, 0.15) is 92.9 Å². The SMILES string of the molecule is C[C@H]1[C@H](C)CC[C@]2(C(=O)O)CC[C@]3(C)C(=CC[C@@H]4[C@@]5(C)C[C@H](O)[C@@H](O)[C@](C)(CO)[C@@H]5CC[C@]43C)[C@H]12. The van der Waals surface area contributed by atoms with E-state index >= 15 is 0 Å². The van der Waals surface area contributed by atoms with Gasteiger partial charge >= 0.3 is 5.97 Å². The van der Waals surface area contributed by atoms with Crippen molar-refractivity contribution >= 4 is 5.97 Å². The number of hydrogen-bond acceptors (Lipinski definition) is 4. The van der Waals surface area contributed by atoms with Crippen LogP contribution in [0.3, 0.4) is 0 Å². The third kappa shape index (κ3) is 2.95. The van der Waals surface area contributed by atoms with Crippen molar-refractivity contribution < 1.29 is 25.2 Å². The van der Waals surface area contributed by atoms with Gasteiger partial charge in [0.25, 0.3) is 0 Å². The Kier molecular flexibility index (Phi) is 5.73. The van der Waals surface area contributed by atoms with Crippen LogP contribution in [0.25, 0.3) is 0 Å². The summed E-state index contributed by atoms with van der Waals surface area (Å²) in [4.78, 5) is 12.8. The van der Waals surface area contributed by atoms with E-state index in [-0.39, 0.29) is 34.7 Å². The molecule has 0 aromatic rings. The molecule has 0 radical (unpaired) electrons. The van der Waals surface area contributed by atoms with Crippen molar-refractivity contribution in [2.75, 3.05) is 6.61 Å². The van der Waals surface area contributed by atoms with Crippen molar-refractivity contribution in [3.63, 3.8) is 0 Å². The normalized spacial score (nSPS) is 57.7. The minimum Gasteiger partial charge on any atom is -0.481 e. The van der Waals surface area contributed by atoms with E-state index in [0.29, 0.717) is 24.2 Å². The second-order valence-electron chi connectivity index (χ2n) is 14.5. The molecular weight excluding hydrogens is 440 g/mol. The summed E-state index contributed by atoms with van der Waals surface area (Å²) in [6, 6.07) is 0. The van der Waals surface area contributed by atoms with Gasteiger partial charge in [0, 0.05) is 5.41 Å². The number of carboxylic acids is 1. The first-order chi connectivity index (χ1) is 16.2. The fourth-order valence-corrected chi connectivity index (χ4v) is 11.0. The highest BCUT2D eigenvalue weighted by Crippen LogP contribution is 2.75. The lowest BCUT2D eigenvalue weighted by Crippen LogP contribution is -2.68. The largest absolute Gasteiger partial charge is 0.481 e. The van der Waals surface area contributed by atoms with Gasteiger partial charge in [-0.3, -0.25) is 4.79 Å². The number of aliphatic hydroxyl groups excluding tert-OH is 3. The Labute approximate surface area is 211 Å². The molecule has 0 heterocycles. The molecule has 5 heteroatoms. The molecule has 198 valence electrons. The molecule has 5 aliphatic rings. The first-order valence-corrected chi connectivity index (χ1v) is 14.1. The van der Waals surface area contributed by atoms with Crippen LogP contribution >= 0.6 is 0 Å². The average Bonchev–Trinajstić information content (AvgIpc) is 2.80.